The number of aromatic nitrogens is 1. The van der Waals surface area contributed by atoms with Crippen LogP contribution in [0.25, 0.3) is 10.9 Å². The van der Waals surface area contributed by atoms with Gasteiger partial charge in [0.2, 0.25) is 5.91 Å². The lowest BCUT2D eigenvalue weighted by Crippen LogP contribution is -2.55. The Hall–Kier alpha value is -2.92. The molecule has 0 N–H and O–H groups in total. The first-order valence-electron chi connectivity index (χ1n) is 9.63. The molecule has 1 atom stereocenters. The number of nitrogens with zero attached hydrogens (tertiary/aromatic N) is 3. The molecule has 3 aromatic rings. The number of aryl methyl sites for hydroxylation is 2. The molecule has 0 bridgehead atoms. The predicted molar refractivity (Wildman–Crippen MR) is 113 cm³/mol. The van der Waals surface area contributed by atoms with Crippen molar-refractivity contribution in [2.24, 2.45) is 7.05 Å². The molecule has 5 heteroatoms. The number of amides is 1. The number of piperazine rings is 1. The second kappa shape index (κ2) is 7.24. The molecule has 5 nitrogen and oxygen atoms in total. The average molecular weight is 375 g/mol. The Morgan fingerprint density at radius 1 is 1.04 bits per heavy atom. The summed E-state index contributed by atoms with van der Waals surface area (Å²) in [6, 6.07) is 18.0. The average Bonchev–Trinajstić information content (AvgIpc) is 2.69. The maximum atomic E-state index is 12.9. The Morgan fingerprint density at radius 3 is 2.54 bits per heavy atom. The predicted octanol–water partition coefficient (Wildman–Crippen LogP) is 3.08. The minimum Gasteiger partial charge on any atom is -0.311 e. The molecule has 4 rings (SSSR count). The summed E-state index contributed by atoms with van der Waals surface area (Å²) in [5.41, 5.74) is 3.72. The van der Waals surface area contributed by atoms with Gasteiger partial charge in [-0.25, -0.2) is 0 Å². The van der Waals surface area contributed by atoms with Crippen LogP contribution >= 0.6 is 0 Å². The molecule has 1 saturated heterocycles. The first-order chi connectivity index (χ1) is 13.5. The summed E-state index contributed by atoms with van der Waals surface area (Å²) in [5, 5.41) is 1.04. The van der Waals surface area contributed by atoms with Gasteiger partial charge >= 0.3 is 0 Å². The van der Waals surface area contributed by atoms with Crippen molar-refractivity contribution in [2.75, 3.05) is 18.0 Å². The molecule has 1 amide bonds. The molecule has 1 aromatic heterocycles. The molecule has 28 heavy (non-hydrogen) atoms. The van der Waals surface area contributed by atoms with Crippen LogP contribution in [0.2, 0.25) is 0 Å². The van der Waals surface area contributed by atoms with Crippen molar-refractivity contribution >= 4 is 22.5 Å². The van der Waals surface area contributed by atoms with Crippen molar-refractivity contribution in [2.45, 2.75) is 26.4 Å². The minimum atomic E-state index is -0.000294. The summed E-state index contributed by atoms with van der Waals surface area (Å²) in [4.78, 5) is 29.6. The van der Waals surface area contributed by atoms with Gasteiger partial charge < -0.3 is 9.47 Å². The van der Waals surface area contributed by atoms with Crippen molar-refractivity contribution in [3.8, 4) is 0 Å². The Balaban J connectivity index is 1.60. The molecule has 144 valence electrons. The summed E-state index contributed by atoms with van der Waals surface area (Å²) in [5.74, 6) is 0.0741. The van der Waals surface area contributed by atoms with Crippen molar-refractivity contribution in [1.29, 1.82) is 0 Å². The van der Waals surface area contributed by atoms with Gasteiger partial charge in [0.05, 0.1) is 12.1 Å². The van der Waals surface area contributed by atoms with Crippen molar-refractivity contribution in [1.82, 2.24) is 9.47 Å². The highest BCUT2D eigenvalue weighted by Crippen LogP contribution is 2.24. The first kappa shape index (κ1) is 18.4. The number of para-hydroxylation sites is 2. The van der Waals surface area contributed by atoms with Crippen LogP contribution in [0.5, 0.6) is 0 Å². The van der Waals surface area contributed by atoms with Gasteiger partial charge in [-0.3, -0.25) is 14.5 Å². The second-order valence-electron chi connectivity index (χ2n) is 7.64. The van der Waals surface area contributed by atoms with E-state index in [1.54, 1.807) is 11.6 Å². The number of carbonyl (C=O) groups is 1. The molecular weight excluding hydrogens is 350 g/mol. The van der Waals surface area contributed by atoms with Crippen LogP contribution in [0.4, 0.5) is 5.69 Å². The summed E-state index contributed by atoms with van der Waals surface area (Å²) >= 11 is 0. The largest absolute Gasteiger partial charge is 0.311 e. The monoisotopic (exact) mass is 375 g/mol. The molecule has 0 saturated carbocycles. The van der Waals surface area contributed by atoms with Crippen LogP contribution in [0.3, 0.4) is 0 Å². The molecule has 0 spiro atoms. The number of hydrogen-bond donors (Lipinski definition) is 0. The fourth-order valence-electron chi connectivity index (χ4n) is 4.03. The molecule has 0 aliphatic carbocycles. The highest BCUT2D eigenvalue weighted by Gasteiger charge is 2.31. The normalized spacial score (nSPS) is 18.0. The van der Waals surface area contributed by atoms with Crippen LogP contribution in [0.1, 0.15) is 18.1 Å². The van der Waals surface area contributed by atoms with E-state index in [9.17, 15) is 9.59 Å². The highest BCUT2D eigenvalue weighted by molar-refractivity contribution is 5.96. The van der Waals surface area contributed by atoms with E-state index in [0.717, 1.165) is 27.7 Å². The zero-order chi connectivity index (χ0) is 19.8. The van der Waals surface area contributed by atoms with Gasteiger partial charge in [0, 0.05) is 37.4 Å². The molecule has 1 aliphatic rings. The number of carbonyl (C=O) groups excluding carboxylic acids is 1. The van der Waals surface area contributed by atoms with Crippen molar-refractivity contribution in [3.63, 3.8) is 0 Å². The van der Waals surface area contributed by atoms with E-state index in [1.807, 2.05) is 66.4 Å². The highest BCUT2D eigenvalue weighted by atomic mass is 16.2. The number of fused-ring (bicyclic) bond motifs is 1. The molecule has 0 radical (unpaired) electrons. The fraction of sp³-hybridized carbons (Fsp3) is 0.304. The van der Waals surface area contributed by atoms with Crippen LogP contribution < -0.4 is 10.5 Å². The molecule has 1 fully saturated rings. The van der Waals surface area contributed by atoms with Gasteiger partial charge in [-0.15, -0.1) is 0 Å². The van der Waals surface area contributed by atoms with E-state index in [1.165, 1.54) is 0 Å². The van der Waals surface area contributed by atoms with Crippen LogP contribution in [0, 0.1) is 6.92 Å². The fourth-order valence-corrected chi connectivity index (χ4v) is 4.03. The maximum absolute atomic E-state index is 12.9. The van der Waals surface area contributed by atoms with Crippen molar-refractivity contribution in [3.05, 3.63) is 76.1 Å². The molecule has 2 aromatic carbocycles. The number of hydrogen-bond acceptors (Lipinski definition) is 3. The van der Waals surface area contributed by atoms with Gasteiger partial charge in [0.25, 0.3) is 5.56 Å². The maximum Gasteiger partial charge on any atom is 0.255 e. The van der Waals surface area contributed by atoms with Gasteiger partial charge in [-0.2, -0.15) is 0 Å². The van der Waals surface area contributed by atoms with E-state index < -0.39 is 0 Å². The van der Waals surface area contributed by atoms with E-state index in [4.69, 9.17) is 0 Å². The lowest BCUT2D eigenvalue weighted by Gasteiger charge is -2.39. The summed E-state index contributed by atoms with van der Waals surface area (Å²) in [6.45, 7) is 5.55. The molecular formula is C23H25N3O2. The summed E-state index contributed by atoms with van der Waals surface area (Å²) < 4.78 is 1.70. The topological polar surface area (TPSA) is 45.5 Å². The van der Waals surface area contributed by atoms with Crippen LogP contribution in [0.15, 0.2) is 59.4 Å². The van der Waals surface area contributed by atoms with E-state index in [2.05, 4.69) is 11.8 Å². The third kappa shape index (κ3) is 3.22. The Bertz CT molecular complexity index is 1100. The Morgan fingerprint density at radius 2 is 1.75 bits per heavy atom. The summed E-state index contributed by atoms with van der Waals surface area (Å²) in [6.07, 6.45) is 0. The molecule has 1 unspecified atom stereocenters. The lowest BCUT2D eigenvalue weighted by atomic mass is 10.1. The van der Waals surface area contributed by atoms with E-state index >= 15 is 0 Å². The van der Waals surface area contributed by atoms with E-state index in [-0.39, 0.29) is 17.5 Å². The van der Waals surface area contributed by atoms with Crippen LogP contribution in [-0.4, -0.2) is 34.5 Å². The number of rotatable bonds is 3. The zero-order valence-electron chi connectivity index (χ0n) is 16.6. The van der Waals surface area contributed by atoms with E-state index in [0.29, 0.717) is 19.6 Å². The smallest absolute Gasteiger partial charge is 0.255 e. The van der Waals surface area contributed by atoms with Gasteiger partial charge in [-0.1, -0.05) is 36.4 Å². The number of anilines is 1. The third-order valence-electron chi connectivity index (χ3n) is 5.70. The zero-order valence-corrected chi connectivity index (χ0v) is 16.6. The number of pyridine rings is 1. The Labute approximate surface area is 164 Å². The van der Waals surface area contributed by atoms with Crippen LogP contribution in [-0.2, 0) is 18.4 Å². The third-order valence-corrected chi connectivity index (χ3v) is 5.70. The second-order valence-corrected chi connectivity index (χ2v) is 7.64. The molecule has 1 aliphatic heterocycles. The number of benzene rings is 2. The van der Waals surface area contributed by atoms with Gasteiger partial charge in [0.1, 0.15) is 0 Å². The van der Waals surface area contributed by atoms with Crippen molar-refractivity contribution < 1.29 is 4.79 Å². The lowest BCUT2D eigenvalue weighted by molar-refractivity contribution is -0.122. The van der Waals surface area contributed by atoms with Gasteiger partial charge in [0.15, 0.2) is 0 Å². The quantitative estimate of drug-likeness (QED) is 0.707. The summed E-state index contributed by atoms with van der Waals surface area (Å²) in [7, 11) is 1.80. The van der Waals surface area contributed by atoms with Gasteiger partial charge in [-0.05, 0) is 43.0 Å². The first-order valence-corrected chi connectivity index (χ1v) is 9.63. The SMILES string of the molecule is Cc1ccccc1N1CC(C)N(Cc2cc3ccccc3n(C)c2=O)CC1=O. The standard InChI is InChI=1S/C23H25N3O2/c1-16-8-4-6-10-20(16)26-13-17(2)25(15-22(26)27)14-19-12-18-9-5-7-11-21(18)24(3)23(19)28/h4-12,17H,13-15H2,1-3H3. The molecule has 2 heterocycles. The Kier molecular flexibility index (Phi) is 4.77. The minimum absolute atomic E-state index is 0.000294.